The SMILES string of the molecule is CN(C)c1ncc2c(n1)C1(CCN(C(=O)[C@H]3CCCCN3)CC1)OCC2. The summed E-state index contributed by atoms with van der Waals surface area (Å²) >= 11 is 0. The highest BCUT2D eigenvalue weighted by Gasteiger charge is 2.44. The summed E-state index contributed by atoms with van der Waals surface area (Å²) in [5.41, 5.74) is 1.86. The molecule has 1 spiro atoms. The molecule has 4 heterocycles. The fourth-order valence-corrected chi connectivity index (χ4v) is 4.37. The van der Waals surface area contributed by atoms with Gasteiger partial charge in [-0.15, -0.1) is 0 Å². The molecule has 2 fully saturated rings. The van der Waals surface area contributed by atoms with E-state index in [1.807, 2.05) is 30.1 Å². The van der Waals surface area contributed by atoms with Gasteiger partial charge < -0.3 is 19.9 Å². The number of hydrogen-bond acceptors (Lipinski definition) is 6. The molecular formula is C19H29N5O2. The summed E-state index contributed by atoms with van der Waals surface area (Å²) in [6.07, 6.45) is 7.70. The van der Waals surface area contributed by atoms with Crippen molar-refractivity contribution in [2.45, 2.75) is 50.2 Å². The van der Waals surface area contributed by atoms with Crippen molar-refractivity contribution in [2.75, 3.05) is 45.2 Å². The van der Waals surface area contributed by atoms with Gasteiger partial charge in [0, 0.05) is 33.4 Å². The molecule has 1 N–H and O–H groups in total. The van der Waals surface area contributed by atoms with E-state index in [1.165, 1.54) is 12.0 Å². The third kappa shape index (κ3) is 3.18. The summed E-state index contributed by atoms with van der Waals surface area (Å²) in [5.74, 6) is 0.978. The lowest BCUT2D eigenvalue weighted by atomic mass is 9.83. The molecule has 0 aliphatic carbocycles. The molecule has 0 bridgehead atoms. The van der Waals surface area contributed by atoms with Crippen LogP contribution >= 0.6 is 0 Å². The molecule has 0 radical (unpaired) electrons. The van der Waals surface area contributed by atoms with Crippen LogP contribution < -0.4 is 10.2 Å². The van der Waals surface area contributed by atoms with Crippen molar-refractivity contribution in [3.63, 3.8) is 0 Å². The molecule has 0 saturated carbocycles. The fraction of sp³-hybridized carbons (Fsp3) is 0.737. The van der Waals surface area contributed by atoms with Gasteiger partial charge in [0.25, 0.3) is 0 Å². The maximum Gasteiger partial charge on any atom is 0.239 e. The highest BCUT2D eigenvalue weighted by molar-refractivity contribution is 5.82. The first-order valence-electron chi connectivity index (χ1n) is 9.79. The first-order chi connectivity index (χ1) is 12.6. The average Bonchev–Trinajstić information content (AvgIpc) is 2.69. The molecule has 4 rings (SSSR count). The van der Waals surface area contributed by atoms with Gasteiger partial charge in [0.05, 0.1) is 18.3 Å². The van der Waals surface area contributed by atoms with Gasteiger partial charge in [-0.25, -0.2) is 9.97 Å². The molecule has 7 nitrogen and oxygen atoms in total. The van der Waals surface area contributed by atoms with E-state index in [0.29, 0.717) is 6.61 Å². The molecule has 142 valence electrons. The van der Waals surface area contributed by atoms with Gasteiger partial charge in [0.15, 0.2) is 0 Å². The van der Waals surface area contributed by atoms with E-state index >= 15 is 0 Å². The Hall–Kier alpha value is -1.73. The van der Waals surface area contributed by atoms with E-state index < -0.39 is 0 Å². The van der Waals surface area contributed by atoms with Crippen molar-refractivity contribution in [3.8, 4) is 0 Å². The van der Waals surface area contributed by atoms with Gasteiger partial charge >= 0.3 is 0 Å². The lowest BCUT2D eigenvalue weighted by Gasteiger charge is -2.45. The smallest absolute Gasteiger partial charge is 0.239 e. The number of nitrogens with zero attached hydrogens (tertiary/aromatic N) is 4. The van der Waals surface area contributed by atoms with Crippen molar-refractivity contribution in [1.29, 1.82) is 0 Å². The minimum Gasteiger partial charge on any atom is -0.368 e. The molecule has 0 unspecified atom stereocenters. The van der Waals surface area contributed by atoms with E-state index in [4.69, 9.17) is 9.72 Å². The summed E-state index contributed by atoms with van der Waals surface area (Å²) in [5, 5.41) is 3.37. The first-order valence-corrected chi connectivity index (χ1v) is 9.79. The minimum atomic E-state index is -0.363. The van der Waals surface area contributed by atoms with Crippen LogP contribution in [0.2, 0.25) is 0 Å². The topological polar surface area (TPSA) is 70.6 Å². The second-order valence-electron chi connectivity index (χ2n) is 7.86. The second kappa shape index (κ2) is 7.12. The number of anilines is 1. The predicted molar refractivity (Wildman–Crippen MR) is 99.1 cm³/mol. The van der Waals surface area contributed by atoms with Crippen LogP contribution in [0.3, 0.4) is 0 Å². The van der Waals surface area contributed by atoms with E-state index in [9.17, 15) is 4.79 Å². The maximum atomic E-state index is 12.8. The first kappa shape index (κ1) is 17.7. The molecule has 3 aliphatic heterocycles. The minimum absolute atomic E-state index is 0.0000269. The fourth-order valence-electron chi connectivity index (χ4n) is 4.37. The van der Waals surface area contributed by atoms with Crippen LogP contribution in [0, 0.1) is 0 Å². The van der Waals surface area contributed by atoms with Crippen molar-refractivity contribution in [1.82, 2.24) is 20.2 Å². The zero-order valence-corrected chi connectivity index (χ0v) is 15.8. The van der Waals surface area contributed by atoms with Crippen molar-refractivity contribution < 1.29 is 9.53 Å². The largest absolute Gasteiger partial charge is 0.368 e. The molecule has 3 aliphatic rings. The van der Waals surface area contributed by atoms with Gasteiger partial charge in [-0.3, -0.25) is 4.79 Å². The quantitative estimate of drug-likeness (QED) is 0.852. The molecular weight excluding hydrogens is 330 g/mol. The van der Waals surface area contributed by atoms with Gasteiger partial charge in [0.2, 0.25) is 11.9 Å². The number of likely N-dealkylation sites (tertiary alicyclic amines) is 1. The molecule has 7 heteroatoms. The molecule has 26 heavy (non-hydrogen) atoms. The molecule has 1 atom stereocenters. The van der Waals surface area contributed by atoms with Crippen molar-refractivity contribution in [2.24, 2.45) is 0 Å². The van der Waals surface area contributed by atoms with E-state index in [1.54, 1.807) is 0 Å². The zero-order chi connectivity index (χ0) is 18.1. The van der Waals surface area contributed by atoms with Crippen LogP contribution in [-0.4, -0.2) is 67.2 Å². The van der Waals surface area contributed by atoms with Gasteiger partial charge in [-0.1, -0.05) is 6.42 Å². The summed E-state index contributed by atoms with van der Waals surface area (Å²) < 4.78 is 6.28. The average molecular weight is 359 g/mol. The van der Waals surface area contributed by atoms with Crippen molar-refractivity contribution in [3.05, 3.63) is 17.5 Å². The third-order valence-corrected chi connectivity index (χ3v) is 5.92. The van der Waals surface area contributed by atoms with E-state index in [-0.39, 0.29) is 17.6 Å². The Morgan fingerprint density at radius 3 is 2.85 bits per heavy atom. The number of hydrogen-bond donors (Lipinski definition) is 1. The zero-order valence-electron chi connectivity index (χ0n) is 15.8. The number of carbonyl (C=O) groups is 1. The van der Waals surface area contributed by atoms with Gasteiger partial charge in [0.1, 0.15) is 5.60 Å². The standard InChI is InChI=1S/C19H29N5O2/c1-23(2)18-21-13-14-6-12-26-19(16(14)22-18)7-10-24(11-8-19)17(25)15-5-3-4-9-20-15/h13,15,20H,3-12H2,1-2H3/t15-/m1/s1. The van der Waals surface area contributed by atoms with Crippen LogP contribution in [0.15, 0.2) is 6.20 Å². The van der Waals surface area contributed by atoms with Crippen LogP contribution in [-0.2, 0) is 21.6 Å². The summed E-state index contributed by atoms with van der Waals surface area (Å²) in [7, 11) is 3.91. The van der Waals surface area contributed by atoms with Gasteiger partial charge in [-0.05, 0) is 44.2 Å². The van der Waals surface area contributed by atoms with Crippen LogP contribution in [0.1, 0.15) is 43.4 Å². The Morgan fingerprint density at radius 2 is 2.15 bits per heavy atom. The van der Waals surface area contributed by atoms with E-state index in [0.717, 1.165) is 63.4 Å². The predicted octanol–water partition coefficient (Wildman–Crippen LogP) is 1.08. The third-order valence-electron chi connectivity index (χ3n) is 5.92. The van der Waals surface area contributed by atoms with Crippen LogP contribution in [0.25, 0.3) is 0 Å². The number of nitrogens with one attached hydrogen (secondary N) is 1. The van der Waals surface area contributed by atoms with Crippen LogP contribution in [0.4, 0.5) is 5.95 Å². The summed E-state index contributed by atoms with van der Waals surface area (Å²) in [4.78, 5) is 26.0. The molecule has 1 aromatic rings. The number of aromatic nitrogens is 2. The number of piperidine rings is 2. The van der Waals surface area contributed by atoms with Gasteiger partial charge in [-0.2, -0.15) is 0 Å². The molecule has 0 aromatic carbocycles. The molecule has 1 aromatic heterocycles. The maximum absolute atomic E-state index is 12.8. The number of rotatable bonds is 2. The van der Waals surface area contributed by atoms with Crippen molar-refractivity contribution >= 4 is 11.9 Å². The second-order valence-corrected chi connectivity index (χ2v) is 7.86. The Balaban J connectivity index is 1.50. The number of carbonyl (C=O) groups excluding carboxylic acids is 1. The number of ether oxygens (including phenoxy) is 1. The Morgan fingerprint density at radius 1 is 1.35 bits per heavy atom. The molecule has 2 saturated heterocycles. The Kier molecular flexibility index (Phi) is 4.84. The highest BCUT2D eigenvalue weighted by atomic mass is 16.5. The number of amides is 1. The molecule has 1 amide bonds. The highest BCUT2D eigenvalue weighted by Crippen LogP contribution is 2.40. The number of fused-ring (bicyclic) bond motifs is 2. The Labute approximate surface area is 155 Å². The van der Waals surface area contributed by atoms with Crippen LogP contribution in [0.5, 0.6) is 0 Å². The lowest BCUT2D eigenvalue weighted by molar-refractivity contribution is -0.143. The summed E-state index contributed by atoms with van der Waals surface area (Å²) in [6.45, 7) is 3.13. The monoisotopic (exact) mass is 359 g/mol. The lowest BCUT2D eigenvalue weighted by Crippen LogP contribution is -2.54. The Bertz CT molecular complexity index is 664. The normalized spacial score (nSPS) is 25.0. The summed E-state index contributed by atoms with van der Waals surface area (Å²) in [6, 6.07) is 0.0000269. The van der Waals surface area contributed by atoms with E-state index in [2.05, 4.69) is 10.3 Å².